The first-order chi connectivity index (χ1) is 7.67. The molecule has 0 aromatic heterocycles. The van der Waals surface area contributed by atoms with E-state index in [0.29, 0.717) is 19.5 Å². The molecular weight excluding hydrogens is 205 g/mol. The van der Waals surface area contributed by atoms with E-state index >= 15 is 0 Å². The fourth-order valence-corrected chi connectivity index (χ4v) is 1.45. The molecule has 0 spiro atoms. The molecule has 0 radical (unpaired) electrons. The molecule has 1 amide bonds. The summed E-state index contributed by atoms with van der Waals surface area (Å²) in [6, 6.07) is 6.00. The largest absolute Gasteiger partial charge is 0.339 e. The van der Waals surface area contributed by atoms with Crippen LogP contribution in [-0.2, 0) is 11.2 Å². The first-order valence-electron chi connectivity index (χ1n) is 5.30. The lowest BCUT2D eigenvalue weighted by molar-refractivity contribution is -0.129. The van der Waals surface area contributed by atoms with E-state index in [1.807, 2.05) is 6.92 Å². The third-order valence-electron chi connectivity index (χ3n) is 2.35. The molecule has 0 fully saturated rings. The molecule has 2 nitrogen and oxygen atoms in total. The Morgan fingerprint density at radius 3 is 2.56 bits per heavy atom. The van der Waals surface area contributed by atoms with Crippen molar-refractivity contribution in [3.8, 4) is 0 Å². The predicted molar refractivity (Wildman–Crippen MR) is 62.6 cm³/mol. The fourth-order valence-electron chi connectivity index (χ4n) is 1.45. The van der Waals surface area contributed by atoms with E-state index in [2.05, 4.69) is 6.58 Å². The van der Waals surface area contributed by atoms with Gasteiger partial charge in [0, 0.05) is 13.1 Å². The summed E-state index contributed by atoms with van der Waals surface area (Å²) in [4.78, 5) is 13.5. The van der Waals surface area contributed by atoms with E-state index in [9.17, 15) is 9.18 Å². The normalized spacial score (nSPS) is 9.88. The van der Waals surface area contributed by atoms with Gasteiger partial charge in [0.25, 0.3) is 0 Å². The lowest BCUT2D eigenvalue weighted by Crippen LogP contribution is -2.32. The molecular formula is C13H16FNO. The van der Waals surface area contributed by atoms with Crippen LogP contribution in [0, 0.1) is 5.82 Å². The summed E-state index contributed by atoms with van der Waals surface area (Å²) < 4.78 is 12.7. The zero-order valence-electron chi connectivity index (χ0n) is 9.45. The Kier molecular flexibility index (Phi) is 4.70. The first-order valence-corrected chi connectivity index (χ1v) is 5.30. The molecule has 1 rings (SSSR count). The second-order valence-corrected chi connectivity index (χ2v) is 3.52. The lowest BCUT2D eigenvalue weighted by Gasteiger charge is -2.18. The van der Waals surface area contributed by atoms with Crippen molar-refractivity contribution in [1.82, 2.24) is 4.90 Å². The molecule has 0 saturated carbocycles. The summed E-state index contributed by atoms with van der Waals surface area (Å²) in [5, 5.41) is 0. The predicted octanol–water partition coefficient (Wildman–Crippen LogP) is 2.40. The van der Waals surface area contributed by atoms with Gasteiger partial charge in [-0.3, -0.25) is 4.79 Å². The van der Waals surface area contributed by atoms with Gasteiger partial charge in [-0.2, -0.15) is 0 Å². The average Bonchev–Trinajstić information content (AvgIpc) is 2.29. The van der Waals surface area contributed by atoms with E-state index in [1.165, 1.54) is 12.1 Å². The zero-order valence-corrected chi connectivity index (χ0v) is 9.45. The smallest absolute Gasteiger partial charge is 0.227 e. The highest BCUT2D eigenvalue weighted by atomic mass is 19.1. The molecule has 16 heavy (non-hydrogen) atoms. The quantitative estimate of drug-likeness (QED) is 0.699. The number of hydrogen-bond donors (Lipinski definition) is 0. The van der Waals surface area contributed by atoms with Gasteiger partial charge in [-0.15, -0.1) is 6.58 Å². The molecule has 0 unspecified atom stereocenters. The second kappa shape index (κ2) is 6.05. The maximum absolute atomic E-state index is 12.7. The molecule has 1 aromatic carbocycles. The minimum atomic E-state index is -0.283. The molecule has 0 aliphatic heterocycles. The highest BCUT2D eigenvalue weighted by Gasteiger charge is 2.10. The van der Waals surface area contributed by atoms with Crippen LogP contribution in [0.15, 0.2) is 36.9 Å². The lowest BCUT2D eigenvalue weighted by atomic mass is 10.1. The van der Waals surface area contributed by atoms with Crippen LogP contribution >= 0.6 is 0 Å². The molecule has 0 heterocycles. The Hall–Kier alpha value is -1.64. The van der Waals surface area contributed by atoms with Crippen LogP contribution in [0.1, 0.15) is 12.5 Å². The summed E-state index contributed by atoms with van der Waals surface area (Å²) in [5.41, 5.74) is 0.828. The van der Waals surface area contributed by atoms with E-state index in [1.54, 1.807) is 23.1 Å². The zero-order chi connectivity index (χ0) is 12.0. The van der Waals surface area contributed by atoms with E-state index in [4.69, 9.17) is 0 Å². The monoisotopic (exact) mass is 221 g/mol. The number of halogens is 1. The minimum Gasteiger partial charge on any atom is -0.339 e. The van der Waals surface area contributed by atoms with Gasteiger partial charge in [-0.1, -0.05) is 18.2 Å². The second-order valence-electron chi connectivity index (χ2n) is 3.52. The van der Waals surface area contributed by atoms with Crippen LogP contribution in [0.3, 0.4) is 0 Å². The van der Waals surface area contributed by atoms with Crippen LogP contribution in [0.2, 0.25) is 0 Å². The van der Waals surface area contributed by atoms with Crippen molar-refractivity contribution in [3.05, 3.63) is 48.3 Å². The van der Waals surface area contributed by atoms with Crippen molar-refractivity contribution in [1.29, 1.82) is 0 Å². The van der Waals surface area contributed by atoms with Crippen LogP contribution < -0.4 is 0 Å². The summed E-state index contributed by atoms with van der Waals surface area (Å²) in [6.07, 6.45) is 2.01. The van der Waals surface area contributed by atoms with Crippen molar-refractivity contribution in [2.75, 3.05) is 13.1 Å². The van der Waals surface area contributed by atoms with Gasteiger partial charge >= 0.3 is 0 Å². The molecule has 0 aliphatic rings. The number of rotatable bonds is 5. The van der Waals surface area contributed by atoms with Crippen LogP contribution in [-0.4, -0.2) is 23.9 Å². The molecule has 0 aliphatic carbocycles. The fraction of sp³-hybridized carbons (Fsp3) is 0.308. The van der Waals surface area contributed by atoms with Crippen molar-refractivity contribution >= 4 is 5.91 Å². The number of benzene rings is 1. The molecule has 86 valence electrons. The number of nitrogens with zero attached hydrogens (tertiary/aromatic N) is 1. The SMILES string of the molecule is C=CCN(CC)C(=O)Cc1ccc(F)cc1. The number of carbonyl (C=O) groups is 1. The van der Waals surface area contributed by atoms with Crippen LogP contribution in [0.5, 0.6) is 0 Å². The topological polar surface area (TPSA) is 20.3 Å². The molecule has 0 saturated heterocycles. The molecule has 0 N–H and O–H groups in total. The molecule has 0 atom stereocenters. The van der Waals surface area contributed by atoms with E-state index in [0.717, 1.165) is 5.56 Å². The van der Waals surface area contributed by atoms with E-state index in [-0.39, 0.29) is 11.7 Å². The standard InChI is InChI=1S/C13H16FNO/c1-3-9-15(4-2)13(16)10-11-5-7-12(14)8-6-11/h3,5-8H,1,4,9-10H2,2H3. The molecule has 0 bridgehead atoms. The maximum Gasteiger partial charge on any atom is 0.227 e. The van der Waals surface area contributed by atoms with Gasteiger partial charge in [0.05, 0.1) is 6.42 Å². The van der Waals surface area contributed by atoms with Crippen molar-refractivity contribution in [3.63, 3.8) is 0 Å². The number of likely N-dealkylation sites (N-methyl/N-ethyl adjacent to an activating group) is 1. The van der Waals surface area contributed by atoms with E-state index < -0.39 is 0 Å². The van der Waals surface area contributed by atoms with Gasteiger partial charge in [0.2, 0.25) is 5.91 Å². The van der Waals surface area contributed by atoms with Crippen molar-refractivity contribution in [2.45, 2.75) is 13.3 Å². The summed E-state index contributed by atoms with van der Waals surface area (Å²) in [5.74, 6) is -0.247. The highest BCUT2D eigenvalue weighted by Crippen LogP contribution is 2.05. The van der Waals surface area contributed by atoms with Gasteiger partial charge in [0.15, 0.2) is 0 Å². The summed E-state index contributed by atoms with van der Waals surface area (Å²) >= 11 is 0. The van der Waals surface area contributed by atoms with Gasteiger partial charge in [-0.05, 0) is 24.6 Å². The van der Waals surface area contributed by atoms with Gasteiger partial charge < -0.3 is 4.90 Å². The Bertz CT molecular complexity index is 359. The van der Waals surface area contributed by atoms with Gasteiger partial charge in [-0.25, -0.2) is 4.39 Å². The molecule has 3 heteroatoms. The Morgan fingerprint density at radius 2 is 2.06 bits per heavy atom. The number of hydrogen-bond acceptors (Lipinski definition) is 1. The Balaban J connectivity index is 2.62. The Labute approximate surface area is 95.4 Å². The number of carbonyl (C=O) groups excluding carboxylic acids is 1. The summed E-state index contributed by atoms with van der Waals surface area (Å²) in [7, 11) is 0. The van der Waals surface area contributed by atoms with Crippen molar-refractivity contribution in [2.24, 2.45) is 0 Å². The summed E-state index contributed by atoms with van der Waals surface area (Å²) in [6.45, 7) is 6.74. The Morgan fingerprint density at radius 1 is 1.44 bits per heavy atom. The first kappa shape index (κ1) is 12.4. The highest BCUT2D eigenvalue weighted by molar-refractivity contribution is 5.78. The van der Waals surface area contributed by atoms with Gasteiger partial charge in [0.1, 0.15) is 5.82 Å². The maximum atomic E-state index is 12.7. The van der Waals surface area contributed by atoms with Crippen molar-refractivity contribution < 1.29 is 9.18 Å². The molecule has 1 aromatic rings. The van der Waals surface area contributed by atoms with Crippen LogP contribution in [0.4, 0.5) is 4.39 Å². The third kappa shape index (κ3) is 3.50. The average molecular weight is 221 g/mol. The number of amides is 1. The third-order valence-corrected chi connectivity index (χ3v) is 2.35. The van der Waals surface area contributed by atoms with Crippen LogP contribution in [0.25, 0.3) is 0 Å². The minimum absolute atomic E-state index is 0.0361.